The number of carbonyl (C=O) groups excluding carboxylic acids is 3. The molecule has 1 atom stereocenters. The van der Waals surface area contributed by atoms with Gasteiger partial charge in [-0.2, -0.15) is 0 Å². The molecule has 64 heavy (non-hydrogen) atoms. The second-order valence-corrected chi connectivity index (χ2v) is 16.5. The van der Waals surface area contributed by atoms with Gasteiger partial charge >= 0.3 is 17.9 Å². The molecule has 0 heterocycles. The summed E-state index contributed by atoms with van der Waals surface area (Å²) in [5, 5.41) is 0. The summed E-state index contributed by atoms with van der Waals surface area (Å²) in [4.78, 5) is 38.0. The first-order valence-corrected chi connectivity index (χ1v) is 25.7. The van der Waals surface area contributed by atoms with Crippen molar-refractivity contribution in [2.45, 2.75) is 213 Å². The van der Waals surface area contributed by atoms with Gasteiger partial charge in [0.1, 0.15) is 13.2 Å². The maximum absolute atomic E-state index is 12.8. The standard InChI is InChI=1S/C58H92O6/c1-4-7-10-13-16-19-22-25-27-28-29-31-33-36-39-42-45-48-51-57(60)63-54-55(53-62-56(59)50-47-44-41-38-35-32-24-21-18-15-12-9-6-3)64-58(61)52-49-46-43-40-37-34-30-26-23-20-17-14-11-8-5-2/h8-9,11-12,14-15,17-18,20-31,55H,4-7,10,13,16,19,32-54H2,1-3H3/b11-8-,12-9-,17-14-,18-15-,23-20-,24-21-,25-22-,28-27-,30-26-,31-29-. The van der Waals surface area contributed by atoms with E-state index < -0.39 is 6.10 Å². The lowest BCUT2D eigenvalue weighted by Gasteiger charge is -2.18. The SMILES string of the molecule is CC\C=C/C=C\C=C/C=C\CCCCCCCC(=O)OC(COC(=O)CCCCCCC\C=C/C=C\C=C/CC)COC(=O)CCCCCCC\C=C/C=C\C=C/CCCCCCC. The Bertz CT molecular complexity index is 1390. The van der Waals surface area contributed by atoms with Crippen molar-refractivity contribution in [3.8, 4) is 0 Å². The molecule has 0 saturated heterocycles. The van der Waals surface area contributed by atoms with E-state index in [1.54, 1.807) is 0 Å². The Morgan fingerprint density at radius 3 is 0.953 bits per heavy atom. The van der Waals surface area contributed by atoms with Gasteiger partial charge in [-0.1, -0.05) is 226 Å². The van der Waals surface area contributed by atoms with E-state index in [0.29, 0.717) is 12.8 Å². The summed E-state index contributed by atoms with van der Waals surface area (Å²) in [7, 11) is 0. The van der Waals surface area contributed by atoms with Crippen LogP contribution in [0.2, 0.25) is 0 Å². The fourth-order valence-electron chi connectivity index (χ4n) is 6.57. The average Bonchev–Trinajstić information content (AvgIpc) is 3.29. The molecule has 0 N–H and O–H groups in total. The minimum atomic E-state index is -0.811. The highest BCUT2D eigenvalue weighted by atomic mass is 16.6. The van der Waals surface area contributed by atoms with Crippen molar-refractivity contribution in [2.24, 2.45) is 0 Å². The van der Waals surface area contributed by atoms with Crippen LogP contribution >= 0.6 is 0 Å². The molecule has 1 unspecified atom stereocenters. The zero-order chi connectivity index (χ0) is 46.5. The number of hydrogen-bond acceptors (Lipinski definition) is 6. The van der Waals surface area contributed by atoms with Crippen molar-refractivity contribution in [3.63, 3.8) is 0 Å². The summed E-state index contributed by atoms with van der Waals surface area (Å²) < 4.78 is 16.7. The molecule has 0 aliphatic heterocycles. The van der Waals surface area contributed by atoms with Gasteiger partial charge in [-0.25, -0.2) is 0 Å². The first-order chi connectivity index (χ1) is 31.5. The van der Waals surface area contributed by atoms with Crippen LogP contribution in [0.5, 0.6) is 0 Å². The third kappa shape index (κ3) is 48.8. The van der Waals surface area contributed by atoms with E-state index in [1.807, 2.05) is 24.3 Å². The van der Waals surface area contributed by atoms with Gasteiger partial charge < -0.3 is 14.2 Å². The van der Waals surface area contributed by atoms with E-state index >= 15 is 0 Å². The molecule has 6 heteroatoms. The predicted octanol–water partition coefficient (Wildman–Crippen LogP) is 16.9. The highest BCUT2D eigenvalue weighted by molar-refractivity contribution is 5.71. The van der Waals surface area contributed by atoms with Crippen molar-refractivity contribution < 1.29 is 28.6 Å². The van der Waals surface area contributed by atoms with Crippen molar-refractivity contribution in [2.75, 3.05) is 13.2 Å². The Morgan fingerprint density at radius 2 is 0.609 bits per heavy atom. The Hall–Kier alpha value is -4.19. The average molecular weight is 885 g/mol. The van der Waals surface area contributed by atoms with E-state index in [0.717, 1.165) is 135 Å². The largest absolute Gasteiger partial charge is 0.462 e. The molecule has 0 aromatic heterocycles. The summed E-state index contributed by atoms with van der Waals surface area (Å²) in [5.41, 5.74) is 0. The van der Waals surface area contributed by atoms with E-state index in [2.05, 4.69) is 118 Å². The molecule has 0 fully saturated rings. The Labute approximate surface area is 392 Å². The molecule has 0 aromatic carbocycles. The van der Waals surface area contributed by atoms with Crippen molar-refractivity contribution in [3.05, 3.63) is 122 Å². The van der Waals surface area contributed by atoms with Gasteiger partial charge in [0, 0.05) is 19.3 Å². The predicted molar refractivity (Wildman–Crippen MR) is 274 cm³/mol. The molecule has 0 aromatic rings. The molecule has 0 aliphatic carbocycles. The first kappa shape index (κ1) is 59.8. The van der Waals surface area contributed by atoms with Gasteiger partial charge in [0.15, 0.2) is 6.10 Å². The topological polar surface area (TPSA) is 78.9 Å². The van der Waals surface area contributed by atoms with Crippen LogP contribution in [0, 0.1) is 0 Å². The minimum Gasteiger partial charge on any atom is -0.462 e. The number of carbonyl (C=O) groups is 3. The summed E-state index contributed by atoms with van der Waals surface area (Å²) in [5.74, 6) is -0.979. The van der Waals surface area contributed by atoms with Crippen LogP contribution in [0.15, 0.2) is 122 Å². The molecule has 360 valence electrons. The molecule has 0 rings (SSSR count). The second-order valence-electron chi connectivity index (χ2n) is 16.5. The zero-order valence-electron chi connectivity index (χ0n) is 41.0. The maximum atomic E-state index is 12.8. The number of hydrogen-bond donors (Lipinski definition) is 0. The monoisotopic (exact) mass is 885 g/mol. The van der Waals surface area contributed by atoms with Gasteiger partial charge in [-0.05, 0) is 83.5 Å². The Morgan fingerprint density at radius 1 is 0.328 bits per heavy atom. The molecule has 0 radical (unpaired) electrons. The fraction of sp³-hybridized carbons (Fsp3) is 0.603. The lowest BCUT2D eigenvalue weighted by atomic mass is 10.1. The molecular weight excluding hydrogens is 793 g/mol. The number of esters is 3. The third-order valence-corrected chi connectivity index (χ3v) is 10.4. The number of ether oxygens (including phenoxy) is 3. The van der Waals surface area contributed by atoms with Gasteiger partial charge in [0.25, 0.3) is 0 Å². The van der Waals surface area contributed by atoms with Crippen LogP contribution in [0.1, 0.15) is 207 Å². The molecule has 0 bridgehead atoms. The molecule has 0 saturated carbocycles. The summed E-state index contributed by atoms with van der Waals surface area (Å²) in [6.07, 6.45) is 70.3. The van der Waals surface area contributed by atoms with Gasteiger partial charge in [-0.15, -0.1) is 0 Å². The van der Waals surface area contributed by atoms with Gasteiger partial charge in [-0.3, -0.25) is 14.4 Å². The lowest BCUT2D eigenvalue weighted by Crippen LogP contribution is -2.30. The van der Waals surface area contributed by atoms with Crippen molar-refractivity contribution in [1.29, 1.82) is 0 Å². The Balaban J connectivity index is 4.51. The van der Waals surface area contributed by atoms with E-state index in [-0.39, 0.29) is 37.5 Å². The number of unbranched alkanes of at least 4 members (excludes halogenated alkanes) is 20. The summed E-state index contributed by atoms with van der Waals surface area (Å²) >= 11 is 0. The third-order valence-electron chi connectivity index (χ3n) is 10.4. The van der Waals surface area contributed by atoms with Crippen LogP contribution in [0.3, 0.4) is 0 Å². The van der Waals surface area contributed by atoms with Crippen LogP contribution < -0.4 is 0 Å². The van der Waals surface area contributed by atoms with Gasteiger partial charge in [0.2, 0.25) is 0 Å². The zero-order valence-corrected chi connectivity index (χ0v) is 41.0. The highest BCUT2D eigenvalue weighted by Gasteiger charge is 2.19. The van der Waals surface area contributed by atoms with Crippen LogP contribution in [-0.4, -0.2) is 37.2 Å². The van der Waals surface area contributed by atoms with E-state index in [9.17, 15) is 14.4 Å². The van der Waals surface area contributed by atoms with Crippen LogP contribution in [-0.2, 0) is 28.6 Å². The van der Waals surface area contributed by atoms with E-state index in [1.165, 1.54) is 32.1 Å². The Kier molecular flexibility index (Phi) is 48.1. The van der Waals surface area contributed by atoms with E-state index in [4.69, 9.17) is 14.2 Å². The number of rotatable bonds is 44. The molecular formula is C58H92O6. The molecule has 0 amide bonds. The molecule has 0 spiro atoms. The first-order valence-electron chi connectivity index (χ1n) is 25.7. The minimum absolute atomic E-state index is 0.109. The normalized spacial score (nSPS) is 13.1. The molecule has 0 aliphatic rings. The fourth-order valence-corrected chi connectivity index (χ4v) is 6.57. The van der Waals surface area contributed by atoms with Crippen molar-refractivity contribution in [1.82, 2.24) is 0 Å². The number of allylic oxidation sites excluding steroid dienone is 20. The highest BCUT2D eigenvalue weighted by Crippen LogP contribution is 2.13. The summed E-state index contributed by atoms with van der Waals surface area (Å²) in [6.45, 7) is 6.28. The quantitative estimate of drug-likeness (QED) is 0.0262. The van der Waals surface area contributed by atoms with Crippen LogP contribution in [0.25, 0.3) is 0 Å². The van der Waals surface area contributed by atoms with Crippen LogP contribution in [0.4, 0.5) is 0 Å². The smallest absolute Gasteiger partial charge is 0.306 e. The van der Waals surface area contributed by atoms with Gasteiger partial charge in [0.05, 0.1) is 0 Å². The second kappa shape index (κ2) is 51.4. The summed E-state index contributed by atoms with van der Waals surface area (Å²) in [6, 6.07) is 0. The lowest BCUT2D eigenvalue weighted by molar-refractivity contribution is -0.167. The van der Waals surface area contributed by atoms with Crippen molar-refractivity contribution >= 4 is 17.9 Å². The maximum Gasteiger partial charge on any atom is 0.306 e. The molecule has 6 nitrogen and oxygen atoms in total.